The Balaban J connectivity index is 2.92. The number of hydrogen-bond acceptors (Lipinski definition) is 4. The van der Waals surface area contributed by atoms with Crippen LogP contribution in [0.2, 0.25) is 0 Å². The van der Waals surface area contributed by atoms with Gasteiger partial charge in [0, 0.05) is 23.2 Å². The maximum Gasteiger partial charge on any atom is 0.384 e. The van der Waals surface area contributed by atoms with Crippen molar-refractivity contribution < 1.29 is 14.3 Å². The van der Waals surface area contributed by atoms with Crippen LogP contribution < -0.4 is 4.74 Å². The van der Waals surface area contributed by atoms with Crippen molar-refractivity contribution >= 4 is 5.97 Å². The van der Waals surface area contributed by atoms with Crippen LogP contribution in [0.15, 0.2) is 12.3 Å². The first-order valence-electron chi connectivity index (χ1n) is 4.28. The minimum Gasteiger partial charge on any atom is -0.481 e. The summed E-state index contributed by atoms with van der Waals surface area (Å²) in [5, 5.41) is 0. The second-order valence-corrected chi connectivity index (χ2v) is 2.79. The zero-order chi connectivity index (χ0) is 11.3. The summed E-state index contributed by atoms with van der Waals surface area (Å²) in [5.41, 5.74) is 1.52. The molecule has 1 rings (SSSR count). The SMILES string of the molecule is COC(=O)C#Cc1cnc(OC)c(C)c1. The predicted molar refractivity (Wildman–Crippen MR) is 54.4 cm³/mol. The molecule has 0 bridgehead atoms. The minimum atomic E-state index is -0.566. The van der Waals surface area contributed by atoms with E-state index < -0.39 is 5.97 Å². The maximum atomic E-state index is 10.8. The van der Waals surface area contributed by atoms with Crippen molar-refractivity contribution in [3.8, 4) is 17.7 Å². The second-order valence-electron chi connectivity index (χ2n) is 2.79. The van der Waals surface area contributed by atoms with Crippen molar-refractivity contribution in [3.05, 3.63) is 23.4 Å². The Kier molecular flexibility index (Phi) is 3.69. The summed E-state index contributed by atoms with van der Waals surface area (Å²) >= 11 is 0. The number of pyridine rings is 1. The first-order chi connectivity index (χ1) is 7.17. The van der Waals surface area contributed by atoms with E-state index in [9.17, 15) is 4.79 Å². The van der Waals surface area contributed by atoms with Crippen molar-refractivity contribution in [2.75, 3.05) is 14.2 Å². The number of ether oxygens (including phenoxy) is 2. The zero-order valence-corrected chi connectivity index (χ0v) is 8.83. The molecule has 4 nitrogen and oxygen atoms in total. The van der Waals surface area contributed by atoms with Crippen molar-refractivity contribution in [1.29, 1.82) is 0 Å². The number of aromatic nitrogens is 1. The Morgan fingerprint density at radius 1 is 1.47 bits per heavy atom. The first-order valence-corrected chi connectivity index (χ1v) is 4.28. The smallest absolute Gasteiger partial charge is 0.384 e. The van der Waals surface area contributed by atoms with Crippen LogP contribution in [-0.4, -0.2) is 25.2 Å². The van der Waals surface area contributed by atoms with Crippen molar-refractivity contribution in [2.24, 2.45) is 0 Å². The van der Waals surface area contributed by atoms with Gasteiger partial charge in [0.25, 0.3) is 0 Å². The van der Waals surface area contributed by atoms with Gasteiger partial charge in [0.05, 0.1) is 14.2 Å². The lowest BCUT2D eigenvalue weighted by Crippen LogP contribution is -1.95. The van der Waals surface area contributed by atoms with E-state index in [0.29, 0.717) is 11.4 Å². The average Bonchev–Trinajstić information content (AvgIpc) is 2.26. The second kappa shape index (κ2) is 5.01. The van der Waals surface area contributed by atoms with Crippen LogP contribution in [0, 0.1) is 18.8 Å². The Hall–Kier alpha value is -2.02. The van der Waals surface area contributed by atoms with Gasteiger partial charge in [-0.25, -0.2) is 9.78 Å². The Morgan fingerprint density at radius 2 is 2.20 bits per heavy atom. The molecule has 0 saturated heterocycles. The lowest BCUT2D eigenvalue weighted by Gasteiger charge is -2.01. The van der Waals surface area contributed by atoms with E-state index >= 15 is 0 Å². The van der Waals surface area contributed by atoms with Gasteiger partial charge >= 0.3 is 5.97 Å². The molecule has 4 heteroatoms. The lowest BCUT2D eigenvalue weighted by atomic mass is 10.2. The van der Waals surface area contributed by atoms with Crippen LogP contribution in [0.1, 0.15) is 11.1 Å². The van der Waals surface area contributed by atoms with Crippen LogP contribution in [0.3, 0.4) is 0 Å². The molecule has 0 radical (unpaired) electrons. The molecule has 1 heterocycles. The van der Waals surface area contributed by atoms with Crippen molar-refractivity contribution in [1.82, 2.24) is 4.98 Å². The van der Waals surface area contributed by atoms with E-state index in [4.69, 9.17) is 4.74 Å². The molecule has 0 aliphatic carbocycles. The van der Waals surface area contributed by atoms with E-state index in [1.165, 1.54) is 7.11 Å². The number of hydrogen-bond donors (Lipinski definition) is 0. The first kappa shape index (κ1) is 11.1. The van der Waals surface area contributed by atoms with Crippen LogP contribution in [0.4, 0.5) is 0 Å². The van der Waals surface area contributed by atoms with Crippen molar-refractivity contribution in [2.45, 2.75) is 6.92 Å². The van der Waals surface area contributed by atoms with Gasteiger partial charge in [0.15, 0.2) is 0 Å². The summed E-state index contributed by atoms with van der Waals surface area (Å²) in [6, 6.07) is 1.79. The molecule has 0 unspecified atom stereocenters. The number of rotatable bonds is 1. The molecule has 15 heavy (non-hydrogen) atoms. The fourth-order valence-corrected chi connectivity index (χ4v) is 1.02. The number of carbonyl (C=O) groups is 1. The standard InChI is InChI=1S/C11H11NO3/c1-8-6-9(4-5-10(13)14-2)7-12-11(8)15-3/h6-7H,1-3H3. The molecule has 78 valence electrons. The van der Waals surface area contributed by atoms with Gasteiger partial charge in [-0.3, -0.25) is 0 Å². The Labute approximate surface area is 88.2 Å². The molecule has 1 aromatic heterocycles. The predicted octanol–water partition coefficient (Wildman–Crippen LogP) is 0.923. The Morgan fingerprint density at radius 3 is 2.73 bits per heavy atom. The number of carbonyl (C=O) groups excluding carboxylic acids is 1. The summed E-state index contributed by atoms with van der Waals surface area (Å²) < 4.78 is 9.39. The molecule has 0 saturated carbocycles. The molecule has 0 fully saturated rings. The highest BCUT2D eigenvalue weighted by Gasteiger charge is 1.99. The van der Waals surface area contributed by atoms with Gasteiger partial charge in [-0.1, -0.05) is 5.92 Å². The molecule has 0 spiro atoms. The van der Waals surface area contributed by atoms with E-state index in [2.05, 4.69) is 21.6 Å². The van der Waals surface area contributed by atoms with Gasteiger partial charge in [0.2, 0.25) is 5.88 Å². The fourth-order valence-electron chi connectivity index (χ4n) is 1.02. The van der Waals surface area contributed by atoms with Gasteiger partial charge in [-0.15, -0.1) is 0 Å². The molecule has 1 aromatic rings. The van der Waals surface area contributed by atoms with Crippen molar-refractivity contribution in [3.63, 3.8) is 0 Å². The zero-order valence-electron chi connectivity index (χ0n) is 8.83. The lowest BCUT2D eigenvalue weighted by molar-refractivity contribution is -0.133. The van der Waals surface area contributed by atoms with Crippen LogP contribution >= 0.6 is 0 Å². The molecular weight excluding hydrogens is 194 g/mol. The molecule has 0 atom stereocenters. The van der Waals surface area contributed by atoms with E-state index in [1.54, 1.807) is 19.4 Å². The monoisotopic (exact) mass is 205 g/mol. The van der Waals surface area contributed by atoms with Crippen LogP contribution in [0.25, 0.3) is 0 Å². The maximum absolute atomic E-state index is 10.8. The van der Waals surface area contributed by atoms with Crippen LogP contribution in [0.5, 0.6) is 5.88 Å². The van der Waals surface area contributed by atoms with Crippen LogP contribution in [-0.2, 0) is 9.53 Å². The highest BCUT2D eigenvalue weighted by Crippen LogP contribution is 2.13. The quantitative estimate of drug-likeness (QED) is 0.505. The fraction of sp³-hybridized carbons (Fsp3) is 0.273. The molecule has 0 aliphatic rings. The third-order valence-corrected chi connectivity index (χ3v) is 1.72. The highest BCUT2D eigenvalue weighted by molar-refractivity contribution is 5.88. The summed E-state index contributed by atoms with van der Waals surface area (Å²) in [5.74, 6) is 4.95. The van der Waals surface area contributed by atoms with E-state index in [1.807, 2.05) is 6.92 Å². The molecular formula is C11H11NO3. The third kappa shape index (κ3) is 2.99. The number of aryl methyl sites for hydroxylation is 1. The van der Waals surface area contributed by atoms with E-state index in [-0.39, 0.29) is 0 Å². The molecule has 0 amide bonds. The minimum absolute atomic E-state index is 0.554. The average molecular weight is 205 g/mol. The normalized spacial score (nSPS) is 8.73. The summed E-state index contributed by atoms with van der Waals surface area (Å²) in [4.78, 5) is 14.8. The molecule has 0 N–H and O–H groups in total. The summed E-state index contributed by atoms with van der Waals surface area (Å²) in [7, 11) is 2.84. The van der Waals surface area contributed by atoms with Gasteiger partial charge in [0.1, 0.15) is 0 Å². The molecule has 0 aromatic carbocycles. The topological polar surface area (TPSA) is 48.4 Å². The Bertz CT molecular complexity index is 429. The number of methoxy groups -OCH3 is 2. The van der Waals surface area contributed by atoms with Gasteiger partial charge in [-0.05, 0) is 13.0 Å². The highest BCUT2D eigenvalue weighted by atomic mass is 16.5. The summed E-state index contributed by atoms with van der Waals surface area (Å²) in [6.45, 7) is 1.86. The largest absolute Gasteiger partial charge is 0.481 e. The number of esters is 1. The third-order valence-electron chi connectivity index (χ3n) is 1.72. The van der Waals surface area contributed by atoms with Gasteiger partial charge in [-0.2, -0.15) is 0 Å². The molecule has 0 aliphatic heterocycles. The summed E-state index contributed by atoms with van der Waals surface area (Å²) in [6.07, 6.45) is 1.54. The van der Waals surface area contributed by atoms with Gasteiger partial charge < -0.3 is 9.47 Å². The van der Waals surface area contributed by atoms with E-state index in [0.717, 1.165) is 5.56 Å². The number of nitrogens with zero attached hydrogens (tertiary/aromatic N) is 1.